The van der Waals surface area contributed by atoms with Crippen LogP contribution in [0.1, 0.15) is 22.6 Å². The van der Waals surface area contributed by atoms with Crippen LogP contribution in [0, 0.1) is 5.92 Å². The number of imide groups is 1. The molecule has 3 atom stereocenters. The average Bonchev–Trinajstić information content (AvgIpc) is 3.44. The third-order valence-corrected chi connectivity index (χ3v) is 6.70. The van der Waals surface area contributed by atoms with Gasteiger partial charge in [0.1, 0.15) is 6.61 Å². The molecule has 0 bridgehead atoms. The van der Waals surface area contributed by atoms with Crippen molar-refractivity contribution in [1.82, 2.24) is 9.80 Å². The quantitative estimate of drug-likeness (QED) is 0.567. The van der Waals surface area contributed by atoms with Crippen LogP contribution in [0.2, 0.25) is 0 Å². The Labute approximate surface area is 194 Å². The molecule has 2 heterocycles. The predicted molar refractivity (Wildman–Crippen MR) is 127 cm³/mol. The lowest BCUT2D eigenvalue weighted by Gasteiger charge is -2.26. The molecule has 0 aliphatic carbocycles. The molecule has 5 heteroatoms. The Hall–Kier alpha value is -3.44. The summed E-state index contributed by atoms with van der Waals surface area (Å²) in [5, 5.41) is 0. The third-order valence-electron chi connectivity index (χ3n) is 6.70. The highest BCUT2D eigenvalue weighted by Gasteiger charge is 2.46. The summed E-state index contributed by atoms with van der Waals surface area (Å²) in [5.41, 5.74) is 3.45. The van der Waals surface area contributed by atoms with E-state index in [4.69, 9.17) is 4.74 Å². The minimum Gasteiger partial charge on any atom is -0.447 e. The van der Waals surface area contributed by atoms with E-state index in [1.54, 1.807) is 0 Å². The predicted octanol–water partition coefficient (Wildman–Crippen LogP) is 4.49. The highest BCUT2D eigenvalue weighted by molar-refractivity contribution is 5.95. The molecule has 33 heavy (non-hydrogen) atoms. The van der Waals surface area contributed by atoms with Crippen LogP contribution in [0.3, 0.4) is 0 Å². The van der Waals surface area contributed by atoms with E-state index >= 15 is 0 Å². The van der Waals surface area contributed by atoms with Crippen LogP contribution in [-0.4, -0.2) is 47.5 Å². The van der Waals surface area contributed by atoms with Crippen molar-refractivity contribution >= 4 is 12.0 Å². The van der Waals surface area contributed by atoms with Crippen molar-refractivity contribution in [3.05, 3.63) is 108 Å². The fourth-order valence-corrected chi connectivity index (χ4v) is 5.09. The SMILES string of the molecule is O=C1OC[C@H](Cc2ccccc2)N1C(=O)C1CN(Cc2ccccc2)CC1c1ccccc1. The van der Waals surface area contributed by atoms with E-state index in [1.165, 1.54) is 10.5 Å². The molecule has 2 saturated heterocycles. The van der Waals surface area contributed by atoms with Gasteiger partial charge in [-0.2, -0.15) is 0 Å². The zero-order valence-corrected chi connectivity index (χ0v) is 18.5. The number of benzene rings is 3. The molecule has 0 aromatic heterocycles. The summed E-state index contributed by atoms with van der Waals surface area (Å²) in [4.78, 5) is 30.2. The van der Waals surface area contributed by atoms with Crippen LogP contribution in [0.5, 0.6) is 0 Å². The molecule has 0 N–H and O–H groups in total. The zero-order valence-electron chi connectivity index (χ0n) is 18.5. The number of nitrogens with zero attached hydrogens (tertiary/aromatic N) is 2. The highest BCUT2D eigenvalue weighted by atomic mass is 16.6. The molecule has 0 spiro atoms. The van der Waals surface area contributed by atoms with E-state index in [9.17, 15) is 9.59 Å². The number of cyclic esters (lactones) is 1. The first-order valence-electron chi connectivity index (χ1n) is 11.5. The largest absolute Gasteiger partial charge is 0.447 e. The van der Waals surface area contributed by atoms with E-state index in [2.05, 4.69) is 29.2 Å². The van der Waals surface area contributed by atoms with Gasteiger partial charge >= 0.3 is 6.09 Å². The number of hydrogen-bond donors (Lipinski definition) is 0. The minimum absolute atomic E-state index is 0.0354. The molecule has 2 fully saturated rings. The van der Waals surface area contributed by atoms with Gasteiger partial charge in [0.25, 0.3) is 0 Å². The summed E-state index contributed by atoms with van der Waals surface area (Å²) >= 11 is 0. The Kier molecular flexibility index (Phi) is 6.22. The van der Waals surface area contributed by atoms with Crippen LogP contribution in [0.15, 0.2) is 91.0 Å². The minimum atomic E-state index is -0.519. The standard InChI is InChI=1S/C28H28N2O3/c31-27(30-24(20-33-28(30)32)16-21-10-4-1-5-11-21)26-19-29(17-22-12-6-2-7-13-22)18-25(26)23-14-8-3-9-15-23/h1-15,24-26H,16-20H2/t24-,25?,26?/m0/s1. The summed E-state index contributed by atoms with van der Waals surface area (Å²) in [6.45, 7) is 2.43. The van der Waals surface area contributed by atoms with Gasteiger partial charge in [0.05, 0.1) is 12.0 Å². The maximum Gasteiger partial charge on any atom is 0.416 e. The second-order valence-corrected chi connectivity index (χ2v) is 8.93. The van der Waals surface area contributed by atoms with Crippen LogP contribution >= 0.6 is 0 Å². The number of carbonyl (C=O) groups is 2. The Morgan fingerprint density at radius 3 is 2.09 bits per heavy atom. The zero-order chi connectivity index (χ0) is 22.6. The van der Waals surface area contributed by atoms with Gasteiger partial charge < -0.3 is 4.74 Å². The number of carbonyl (C=O) groups excluding carboxylic acids is 2. The molecule has 168 valence electrons. The van der Waals surface area contributed by atoms with Crippen molar-refractivity contribution in [3.8, 4) is 0 Å². The molecule has 5 nitrogen and oxygen atoms in total. The first-order valence-corrected chi connectivity index (χ1v) is 11.5. The molecule has 2 unspecified atom stereocenters. The lowest BCUT2D eigenvalue weighted by Crippen LogP contribution is -2.45. The number of amides is 2. The molecule has 2 aliphatic rings. The second kappa shape index (κ2) is 9.59. The summed E-state index contributed by atoms with van der Waals surface area (Å²) in [6, 6.07) is 30.2. The second-order valence-electron chi connectivity index (χ2n) is 8.93. The van der Waals surface area contributed by atoms with Crippen molar-refractivity contribution in [3.63, 3.8) is 0 Å². The molecule has 0 radical (unpaired) electrons. The molecule has 2 aliphatic heterocycles. The van der Waals surface area contributed by atoms with E-state index in [0.717, 1.165) is 24.2 Å². The van der Waals surface area contributed by atoms with Gasteiger partial charge in [-0.25, -0.2) is 9.69 Å². The van der Waals surface area contributed by atoms with Crippen LogP contribution < -0.4 is 0 Å². The average molecular weight is 441 g/mol. The van der Waals surface area contributed by atoms with Gasteiger partial charge in [-0.05, 0) is 23.1 Å². The molecular formula is C28H28N2O3. The van der Waals surface area contributed by atoms with Gasteiger partial charge in [-0.3, -0.25) is 9.69 Å². The Bertz CT molecular complexity index is 1090. The number of hydrogen-bond acceptors (Lipinski definition) is 4. The van der Waals surface area contributed by atoms with Gasteiger partial charge in [-0.15, -0.1) is 0 Å². The molecule has 3 aromatic carbocycles. The smallest absolute Gasteiger partial charge is 0.416 e. The Morgan fingerprint density at radius 1 is 0.818 bits per heavy atom. The lowest BCUT2D eigenvalue weighted by molar-refractivity contribution is -0.133. The van der Waals surface area contributed by atoms with Crippen LogP contribution in [0.4, 0.5) is 4.79 Å². The molecule has 0 saturated carbocycles. The van der Waals surface area contributed by atoms with Crippen molar-refractivity contribution in [2.45, 2.75) is 24.9 Å². The molecule has 2 amide bonds. The number of ether oxygens (including phenoxy) is 1. The summed E-state index contributed by atoms with van der Waals surface area (Å²) < 4.78 is 5.35. The summed E-state index contributed by atoms with van der Waals surface area (Å²) in [6.07, 6.45) is 0.0867. The maximum atomic E-state index is 13.8. The molecule has 5 rings (SSSR count). The third kappa shape index (κ3) is 4.69. The first kappa shape index (κ1) is 21.4. The first-order chi connectivity index (χ1) is 16.2. The molecule has 3 aromatic rings. The summed E-state index contributed by atoms with van der Waals surface area (Å²) in [7, 11) is 0. The number of rotatable bonds is 6. The highest BCUT2D eigenvalue weighted by Crippen LogP contribution is 2.36. The Morgan fingerprint density at radius 2 is 1.42 bits per heavy atom. The number of likely N-dealkylation sites (tertiary alicyclic amines) is 1. The normalized spacial score (nSPS) is 23.0. The van der Waals surface area contributed by atoms with Gasteiger partial charge in [0.15, 0.2) is 0 Å². The van der Waals surface area contributed by atoms with E-state index < -0.39 is 6.09 Å². The maximum absolute atomic E-state index is 13.8. The van der Waals surface area contributed by atoms with Crippen LogP contribution in [0.25, 0.3) is 0 Å². The van der Waals surface area contributed by atoms with Crippen molar-refractivity contribution in [1.29, 1.82) is 0 Å². The van der Waals surface area contributed by atoms with Crippen molar-refractivity contribution in [2.75, 3.05) is 19.7 Å². The van der Waals surface area contributed by atoms with E-state index in [0.29, 0.717) is 13.0 Å². The van der Waals surface area contributed by atoms with Gasteiger partial charge in [0, 0.05) is 25.6 Å². The fourth-order valence-electron chi connectivity index (χ4n) is 5.09. The van der Waals surface area contributed by atoms with E-state index in [1.807, 2.05) is 66.7 Å². The van der Waals surface area contributed by atoms with E-state index in [-0.39, 0.29) is 30.4 Å². The monoisotopic (exact) mass is 440 g/mol. The fraction of sp³-hybridized carbons (Fsp3) is 0.286. The molecular weight excluding hydrogens is 412 g/mol. The van der Waals surface area contributed by atoms with Crippen LogP contribution in [-0.2, 0) is 22.5 Å². The topological polar surface area (TPSA) is 49.9 Å². The van der Waals surface area contributed by atoms with Crippen molar-refractivity contribution < 1.29 is 14.3 Å². The van der Waals surface area contributed by atoms with Crippen molar-refractivity contribution in [2.24, 2.45) is 5.92 Å². The lowest BCUT2D eigenvalue weighted by atomic mass is 9.87. The van der Waals surface area contributed by atoms with Gasteiger partial charge in [-0.1, -0.05) is 91.0 Å². The summed E-state index contributed by atoms with van der Waals surface area (Å²) in [5.74, 6) is -0.379. The Balaban J connectivity index is 1.39. The van der Waals surface area contributed by atoms with Gasteiger partial charge in [0.2, 0.25) is 5.91 Å².